The first-order valence-corrected chi connectivity index (χ1v) is 7.21. The third-order valence-electron chi connectivity index (χ3n) is 3.57. The summed E-state index contributed by atoms with van der Waals surface area (Å²) in [6, 6.07) is 9.86. The number of aromatic nitrogens is 2. The minimum Gasteiger partial charge on any atom is -0.345 e. The molecule has 3 N–H and O–H groups in total. The van der Waals surface area contributed by atoms with E-state index in [0.29, 0.717) is 12.1 Å². The summed E-state index contributed by atoms with van der Waals surface area (Å²) < 4.78 is 1.83. The van der Waals surface area contributed by atoms with Crippen LogP contribution in [-0.4, -0.2) is 22.2 Å². The Bertz CT molecular complexity index is 592. The average molecular weight is 286 g/mol. The minimum absolute atomic E-state index is 0.0366. The third-order valence-corrected chi connectivity index (χ3v) is 3.57. The lowest BCUT2D eigenvalue weighted by Gasteiger charge is -2.14. The number of carbonyl (C=O) groups excluding carboxylic acids is 1. The van der Waals surface area contributed by atoms with Crippen LogP contribution in [0.15, 0.2) is 36.5 Å². The summed E-state index contributed by atoms with van der Waals surface area (Å²) in [6.45, 7) is 5.24. The van der Waals surface area contributed by atoms with Gasteiger partial charge in [-0.2, -0.15) is 5.10 Å². The summed E-state index contributed by atoms with van der Waals surface area (Å²) in [6.07, 6.45) is 2.48. The molecule has 2 aromatic rings. The van der Waals surface area contributed by atoms with Gasteiger partial charge in [-0.05, 0) is 32.4 Å². The van der Waals surface area contributed by atoms with Gasteiger partial charge in [-0.1, -0.05) is 30.3 Å². The molecule has 5 nitrogen and oxygen atoms in total. The maximum Gasteiger partial charge on any atom is 0.255 e. The Kier molecular flexibility index (Phi) is 5.11. The highest BCUT2D eigenvalue weighted by Crippen LogP contribution is 2.14. The van der Waals surface area contributed by atoms with Gasteiger partial charge in [-0.25, -0.2) is 0 Å². The number of aryl methyl sites for hydroxylation is 1. The minimum atomic E-state index is -0.0946. The van der Waals surface area contributed by atoms with E-state index in [1.807, 2.05) is 48.9 Å². The molecular weight excluding hydrogens is 264 g/mol. The van der Waals surface area contributed by atoms with E-state index in [1.54, 1.807) is 6.20 Å². The van der Waals surface area contributed by atoms with Gasteiger partial charge >= 0.3 is 0 Å². The van der Waals surface area contributed by atoms with E-state index in [9.17, 15) is 4.79 Å². The topological polar surface area (TPSA) is 72.9 Å². The molecule has 112 valence electrons. The lowest BCUT2D eigenvalue weighted by atomic mass is 10.1. The van der Waals surface area contributed by atoms with Gasteiger partial charge < -0.3 is 11.1 Å². The van der Waals surface area contributed by atoms with Crippen LogP contribution in [0.5, 0.6) is 0 Å². The average Bonchev–Trinajstić information content (AvgIpc) is 2.87. The summed E-state index contributed by atoms with van der Waals surface area (Å²) in [4.78, 5) is 12.3. The van der Waals surface area contributed by atoms with Crippen LogP contribution in [0, 0.1) is 6.92 Å². The van der Waals surface area contributed by atoms with Gasteiger partial charge in [-0.3, -0.25) is 9.48 Å². The molecular formula is C16H22N4O. The SMILES string of the molecule is Cc1c(C(=O)N[C@H](C)c2ccccc2)cnn1CCCN. The molecule has 0 fully saturated rings. The molecule has 0 saturated heterocycles. The molecule has 2 rings (SSSR count). The first-order chi connectivity index (χ1) is 10.1. The fourth-order valence-corrected chi connectivity index (χ4v) is 2.24. The number of nitrogens with two attached hydrogens (primary N) is 1. The van der Waals surface area contributed by atoms with E-state index >= 15 is 0 Å². The lowest BCUT2D eigenvalue weighted by molar-refractivity contribution is 0.0939. The van der Waals surface area contributed by atoms with Gasteiger partial charge in [-0.15, -0.1) is 0 Å². The first kappa shape index (κ1) is 15.3. The number of nitrogens with one attached hydrogen (secondary N) is 1. The molecule has 1 aromatic heterocycles. The summed E-state index contributed by atoms with van der Waals surface area (Å²) in [5.41, 5.74) is 8.08. The van der Waals surface area contributed by atoms with E-state index in [1.165, 1.54) is 0 Å². The smallest absolute Gasteiger partial charge is 0.255 e. The second-order valence-electron chi connectivity index (χ2n) is 5.11. The molecule has 21 heavy (non-hydrogen) atoms. The fourth-order valence-electron chi connectivity index (χ4n) is 2.24. The van der Waals surface area contributed by atoms with Crippen molar-refractivity contribution in [1.29, 1.82) is 0 Å². The Morgan fingerprint density at radius 1 is 1.38 bits per heavy atom. The molecule has 1 heterocycles. The van der Waals surface area contributed by atoms with Crippen molar-refractivity contribution >= 4 is 5.91 Å². The summed E-state index contributed by atoms with van der Waals surface area (Å²) >= 11 is 0. The molecule has 0 aliphatic rings. The molecule has 0 unspecified atom stereocenters. The molecule has 5 heteroatoms. The van der Waals surface area contributed by atoms with Crippen molar-refractivity contribution in [3.8, 4) is 0 Å². The van der Waals surface area contributed by atoms with Crippen LogP contribution >= 0.6 is 0 Å². The van der Waals surface area contributed by atoms with Crippen LogP contribution in [0.4, 0.5) is 0 Å². The van der Waals surface area contributed by atoms with E-state index in [0.717, 1.165) is 24.2 Å². The maximum absolute atomic E-state index is 12.3. The molecule has 1 amide bonds. The quantitative estimate of drug-likeness (QED) is 0.853. The van der Waals surface area contributed by atoms with Gasteiger partial charge in [0.2, 0.25) is 0 Å². The summed E-state index contributed by atoms with van der Waals surface area (Å²) in [5.74, 6) is -0.0946. The van der Waals surface area contributed by atoms with Gasteiger partial charge in [0, 0.05) is 12.2 Å². The van der Waals surface area contributed by atoms with Crippen LogP contribution in [0.2, 0.25) is 0 Å². The third kappa shape index (κ3) is 3.70. The molecule has 0 bridgehead atoms. The number of nitrogens with zero attached hydrogens (tertiary/aromatic N) is 2. The summed E-state index contributed by atoms with van der Waals surface area (Å²) in [5, 5.41) is 7.26. The first-order valence-electron chi connectivity index (χ1n) is 7.21. The molecule has 0 aliphatic heterocycles. The molecule has 0 spiro atoms. The van der Waals surface area contributed by atoms with E-state index in [2.05, 4.69) is 10.4 Å². The zero-order valence-corrected chi connectivity index (χ0v) is 12.5. The predicted molar refractivity (Wildman–Crippen MR) is 83.0 cm³/mol. The second kappa shape index (κ2) is 7.04. The van der Waals surface area contributed by atoms with Crippen LogP contribution < -0.4 is 11.1 Å². The Labute approximate surface area is 125 Å². The second-order valence-corrected chi connectivity index (χ2v) is 5.11. The highest BCUT2D eigenvalue weighted by molar-refractivity contribution is 5.95. The highest BCUT2D eigenvalue weighted by atomic mass is 16.1. The maximum atomic E-state index is 12.3. The molecule has 0 saturated carbocycles. The highest BCUT2D eigenvalue weighted by Gasteiger charge is 2.16. The van der Waals surface area contributed by atoms with Crippen molar-refractivity contribution in [2.45, 2.75) is 32.9 Å². The predicted octanol–water partition coefficient (Wildman–Crippen LogP) is 2.03. The largest absolute Gasteiger partial charge is 0.345 e. The van der Waals surface area contributed by atoms with Gasteiger partial charge in [0.05, 0.1) is 17.8 Å². The van der Waals surface area contributed by atoms with Crippen molar-refractivity contribution in [3.63, 3.8) is 0 Å². The molecule has 0 radical (unpaired) electrons. The standard InChI is InChI=1S/C16H22N4O/c1-12(14-7-4-3-5-8-14)19-16(21)15-11-18-20(13(15)2)10-6-9-17/h3-5,7-8,11-12H,6,9-10,17H2,1-2H3,(H,19,21)/t12-/m1/s1. The zero-order chi connectivity index (χ0) is 15.2. The van der Waals surface area contributed by atoms with Crippen LogP contribution in [0.3, 0.4) is 0 Å². The van der Waals surface area contributed by atoms with Gasteiger partial charge in [0.15, 0.2) is 0 Å². The lowest BCUT2D eigenvalue weighted by Crippen LogP contribution is -2.27. The van der Waals surface area contributed by atoms with Crippen LogP contribution in [0.25, 0.3) is 0 Å². The molecule has 0 aliphatic carbocycles. The van der Waals surface area contributed by atoms with Crippen LogP contribution in [0.1, 0.15) is 41.0 Å². The Hall–Kier alpha value is -2.14. The number of amides is 1. The number of hydrogen-bond donors (Lipinski definition) is 2. The van der Waals surface area contributed by atoms with Crippen molar-refractivity contribution in [2.75, 3.05) is 6.54 Å². The number of carbonyl (C=O) groups is 1. The monoisotopic (exact) mass is 286 g/mol. The van der Waals surface area contributed by atoms with Crippen molar-refractivity contribution in [2.24, 2.45) is 5.73 Å². The van der Waals surface area contributed by atoms with Crippen molar-refractivity contribution in [3.05, 3.63) is 53.3 Å². The van der Waals surface area contributed by atoms with Crippen molar-refractivity contribution in [1.82, 2.24) is 15.1 Å². The summed E-state index contributed by atoms with van der Waals surface area (Å²) in [7, 11) is 0. The Morgan fingerprint density at radius 3 is 2.76 bits per heavy atom. The van der Waals surface area contributed by atoms with E-state index in [4.69, 9.17) is 5.73 Å². The normalized spacial score (nSPS) is 12.1. The van der Waals surface area contributed by atoms with Gasteiger partial charge in [0.25, 0.3) is 5.91 Å². The zero-order valence-electron chi connectivity index (χ0n) is 12.5. The van der Waals surface area contributed by atoms with Gasteiger partial charge in [0.1, 0.15) is 0 Å². The number of benzene rings is 1. The molecule has 1 atom stereocenters. The van der Waals surface area contributed by atoms with Crippen molar-refractivity contribution < 1.29 is 4.79 Å². The number of hydrogen-bond acceptors (Lipinski definition) is 3. The van der Waals surface area contributed by atoms with E-state index in [-0.39, 0.29) is 11.9 Å². The van der Waals surface area contributed by atoms with Crippen LogP contribution in [-0.2, 0) is 6.54 Å². The van der Waals surface area contributed by atoms with E-state index < -0.39 is 0 Å². The number of rotatable bonds is 6. The Balaban J connectivity index is 2.05. The fraction of sp³-hybridized carbons (Fsp3) is 0.375. The Morgan fingerprint density at radius 2 is 2.10 bits per heavy atom. The molecule has 1 aromatic carbocycles.